The molecule has 0 aliphatic heterocycles. The van der Waals surface area contributed by atoms with E-state index in [1.165, 1.54) is 0 Å². The van der Waals surface area contributed by atoms with E-state index in [-0.39, 0.29) is 24.7 Å². The van der Waals surface area contributed by atoms with E-state index in [1.54, 1.807) is 19.2 Å². The number of hydrogen-bond acceptors (Lipinski definition) is 4. The molecule has 1 aromatic carbocycles. The third kappa shape index (κ3) is 5.51. The number of nitrogens with one attached hydrogen (secondary N) is 2. The first-order valence-corrected chi connectivity index (χ1v) is 8.63. The van der Waals surface area contributed by atoms with E-state index in [0.717, 1.165) is 18.4 Å². The molecule has 1 aliphatic rings. The average molecular weight is 370 g/mol. The van der Waals surface area contributed by atoms with Crippen molar-refractivity contribution in [1.82, 2.24) is 15.5 Å². The van der Waals surface area contributed by atoms with Crippen molar-refractivity contribution in [2.24, 2.45) is 0 Å². The predicted molar refractivity (Wildman–Crippen MR) is 95.1 cm³/mol. The zero-order valence-corrected chi connectivity index (χ0v) is 15.2. The summed E-state index contributed by atoms with van der Waals surface area (Å²) in [5.41, 5.74) is 0.881. The molecule has 1 aromatic rings. The fraction of sp³-hybridized carbons (Fsp3) is 0.529. The van der Waals surface area contributed by atoms with Gasteiger partial charge in [-0.05, 0) is 37.1 Å². The van der Waals surface area contributed by atoms with Gasteiger partial charge in [-0.3, -0.25) is 9.69 Å². The number of carbonyl (C=O) groups is 2. The maximum absolute atomic E-state index is 12.0. The zero-order valence-electron chi connectivity index (χ0n) is 14.4. The van der Waals surface area contributed by atoms with Gasteiger partial charge in [0.2, 0.25) is 0 Å². The molecular weight excluding hydrogens is 346 g/mol. The van der Waals surface area contributed by atoms with Crippen LogP contribution in [0.1, 0.15) is 25.3 Å². The maximum atomic E-state index is 12.0. The minimum absolute atomic E-state index is 0.0400. The van der Waals surface area contributed by atoms with Gasteiger partial charge in [0.25, 0.3) is 0 Å². The summed E-state index contributed by atoms with van der Waals surface area (Å²) >= 11 is 6.06. The Labute approximate surface area is 152 Å². The monoisotopic (exact) mass is 369 g/mol. The second-order valence-electron chi connectivity index (χ2n) is 6.07. The lowest BCUT2D eigenvalue weighted by Gasteiger charge is -2.42. The molecule has 138 valence electrons. The summed E-state index contributed by atoms with van der Waals surface area (Å²) in [6.45, 7) is 3.04. The fourth-order valence-corrected chi connectivity index (χ4v) is 3.20. The number of carboxylic acid groups (broad SMARTS) is 1. The summed E-state index contributed by atoms with van der Waals surface area (Å²) < 4.78 is 5.09. The molecule has 0 saturated heterocycles. The van der Waals surface area contributed by atoms with Gasteiger partial charge in [-0.2, -0.15) is 0 Å². The highest BCUT2D eigenvalue weighted by atomic mass is 35.5. The molecule has 0 unspecified atom stereocenters. The van der Waals surface area contributed by atoms with Crippen LogP contribution < -0.4 is 15.4 Å². The van der Waals surface area contributed by atoms with Crippen molar-refractivity contribution in [2.45, 2.75) is 38.4 Å². The molecule has 0 spiro atoms. The number of carbonyl (C=O) groups excluding carboxylic acids is 1. The Bertz CT molecular complexity index is 620. The molecule has 2 rings (SSSR count). The van der Waals surface area contributed by atoms with E-state index in [1.807, 2.05) is 17.9 Å². The van der Waals surface area contributed by atoms with Crippen molar-refractivity contribution in [3.8, 4) is 5.75 Å². The molecule has 25 heavy (non-hydrogen) atoms. The van der Waals surface area contributed by atoms with Gasteiger partial charge in [0, 0.05) is 18.6 Å². The van der Waals surface area contributed by atoms with E-state index in [2.05, 4.69) is 10.6 Å². The highest BCUT2D eigenvalue weighted by molar-refractivity contribution is 6.32. The van der Waals surface area contributed by atoms with Crippen LogP contribution in [-0.2, 0) is 11.3 Å². The van der Waals surface area contributed by atoms with Crippen molar-refractivity contribution >= 4 is 23.6 Å². The summed E-state index contributed by atoms with van der Waals surface area (Å²) in [6, 6.07) is 5.41. The Morgan fingerprint density at radius 2 is 2.12 bits per heavy atom. The number of aliphatic carboxylic acids is 1. The lowest BCUT2D eigenvalue weighted by molar-refractivity contribution is -0.139. The molecule has 8 heteroatoms. The smallest absolute Gasteiger partial charge is 0.317 e. The van der Waals surface area contributed by atoms with Crippen LogP contribution in [-0.4, -0.2) is 54.3 Å². The third-order valence-corrected chi connectivity index (χ3v) is 4.67. The van der Waals surface area contributed by atoms with Crippen molar-refractivity contribution in [1.29, 1.82) is 0 Å². The van der Waals surface area contributed by atoms with E-state index in [9.17, 15) is 9.59 Å². The minimum Gasteiger partial charge on any atom is -0.495 e. The first-order chi connectivity index (χ1) is 11.9. The van der Waals surface area contributed by atoms with Gasteiger partial charge >= 0.3 is 12.0 Å². The van der Waals surface area contributed by atoms with E-state index in [0.29, 0.717) is 23.9 Å². The van der Waals surface area contributed by atoms with Crippen LogP contribution in [0.3, 0.4) is 0 Å². The molecule has 0 aromatic heterocycles. The van der Waals surface area contributed by atoms with Crippen LogP contribution in [0.4, 0.5) is 4.79 Å². The van der Waals surface area contributed by atoms with E-state index >= 15 is 0 Å². The van der Waals surface area contributed by atoms with E-state index < -0.39 is 5.97 Å². The number of methoxy groups -OCH3 is 1. The largest absolute Gasteiger partial charge is 0.495 e. The normalized spacial score (nSPS) is 19.2. The van der Waals surface area contributed by atoms with Crippen LogP contribution in [0.25, 0.3) is 0 Å². The summed E-state index contributed by atoms with van der Waals surface area (Å²) in [6.07, 6.45) is 1.53. The van der Waals surface area contributed by atoms with Crippen LogP contribution in [0.5, 0.6) is 5.75 Å². The van der Waals surface area contributed by atoms with Gasteiger partial charge in [0.05, 0.1) is 18.7 Å². The van der Waals surface area contributed by atoms with Crippen LogP contribution >= 0.6 is 11.6 Å². The molecule has 0 bridgehead atoms. The van der Waals surface area contributed by atoms with Gasteiger partial charge in [0.1, 0.15) is 5.75 Å². The number of hydrogen-bond donors (Lipinski definition) is 3. The molecule has 0 atom stereocenters. The summed E-state index contributed by atoms with van der Waals surface area (Å²) in [7, 11) is 1.55. The molecule has 2 amide bonds. The number of amides is 2. The molecule has 7 nitrogen and oxygen atoms in total. The Kier molecular flexibility index (Phi) is 6.90. The summed E-state index contributed by atoms with van der Waals surface area (Å²) in [5, 5.41) is 15.1. The quantitative estimate of drug-likeness (QED) is 0.652. The Morgan fingerprint density at radius 3 is 2.68 bits per heavy atom. The van der Waals surface area contributed by atoms with Gasteiger partial charge < -0.3 is 20.5 Å². The number of benzene rings is 1. The predicted octanol–water partition coefficient (Wildman–Crippen LogP) is 2.09. The van der Waals surface area contributed by atoms with Crippen molar-refractivity contribution in [2.75, 3.05) is 20.2 Å². The Balaban J connectivity index is 1.71. The summed E-state index contributed by atoms with van der Waals surface area (Å²) in [5.74, 6) is -0.230. The molecule has 1 fully saturated rings. The van der Waals surface area contributed by atoms with Crippen molar-refractivity contribution in [3.63, 3.8) is 0 Å². The van der Waals surface area contributed by atoms with Crippen molar-refractivity contribution in [3.05, 3.63) is 28.8 Å². The highest BCUT2D eigenvalue weighted by Crippen LogP contribution is 2.26. The molecule has 0 radical (unpaired) electrons. The lowest BCUT2D eigenvalue weighted by Crippen LogP contribution is -2.56. The molecule has 1 saturated carbocycles. The Morgan fingerprint density at radius 1 is 1.40 bits per heavy atom. The fourth-order valence-electron chi connectivity index (χ4n) is 2.92. The number of rotatable bonds is 8. The highest BCUT2D eigenvalue weighted by Gasteiger charge is 2.34. The third-order valence-electron chi connectivity index (χ3n) is 4.38. The number of likely N-dealkylation sites (N-methyl/N-ethyl adjacent to an activating group) is 1. The van der Waals surface area contributed by atoms with Crippen LogP contribution in [0.2, 0.25) is 5.02 Å². The lowest BCUT2D eigenvalue weighted by atomic mass is 9.85. The van der Waals surface area contributed by atoms with Crippen LogP contribution in [0.15, 0.2) is 18.2 Å². The molecular formula is C17H24ClN3O4. The topological polar surface area (TPSA) is 90.9 Å². The number of carboxylic acids is 1. The number of urea groups is 1. The number of halogens is 1. The average Bonchev–Trinajstić information content (AvgIpc) is 2.54. The number of nitrogens with zero attached hydrogens (tertiary/aromatic N) is 1. The Hall–Kier alpha value is -1.99. The number of ether oxygens (including phenoxy) is 1. The maximum Gasteiger partial charge on any atom is 0.317 e. The first kappa shape index (κ1) is 19.3. The second kappa shape index (κ2) is 8.92. The first-order valence-electron chi connectivity index (χ1n) is 8.25. The zero-order chi connectivity index (χ0) is 18.4. The van der Waals surface area contributed by atoms with Gasteiger partial charge in [-0.25, -0.2) is 4.79 Å². The molecule has 1 aliphatic carbocycles. The van der Waals surface area contributed by atoms with Gasteiger partial charge in [0.15, 0.2) is 0 Å². The molecule has 0 heterocycles. The second-order valence-corrected chi connectivity index (χ2v) is 6.48. The van der Waals surface area contributed by atoms with Gasteiger partial charge in [-0.1, -0.05) is 24.6 Å². The standard InChI is InChI=1S/C17H24ClN3O4/c1-3-21(10-16(22)23)13-7-12(8-13)20-17(24)19-9-11-4-5-15(25-2)14(18)6-11/h4-6,12-13H,3,7-10H2,1-2H3,(H,22,23)(H2,19,20,24). The van der Waals surface area contributed by atoms with Gasteiger partial charge in [-0.15, -0.1) is 0 Å². The summed E-state index contributed by atoms with van der Waals surface area (Å²) in [4.78, 5) is 24.7. The minimum atomic E-state index is -0.825. The SMILES string of the molecule is CCN(CC(=O)O)C1CC(NC(=O)NCc2ccc(OC)c(Cl)c2)C1. The van der Waals surface area contributed by atoms with E-state index in [4.69, 9.17) is 21.4 Å². The van der Waals surface area contributed by atoms with Crippen LogP contribution in [0, 0.1) is 0 Å². The molecule has 3 N–H and O–H groups in total. The van der Waals surface area contributed by atoms with Crippen molar-refractivity contribution < 1.29 is 19.4 Å².